The molecular formula is C10H8BrClN2O2. The Kier molecular flexibility index (Phi) is 2.90. The van der Waals surface area contributed by atoms with Gasteiger partial charge < -0.3 is 4.74 Å². The lowest BCUT2D eigenvalue weighted by molar-refractivity contribution is 0.418. The lowest BCUT2D eigenvalue weighted by Crippen LogP contribution is -2.19. The van der Waals surface area contributed by atoms with Gasteiger partial charge in [0.05, 0.1) is 12.5 Å². The number of nitrogens with zero attached hydrogens (tertiary/aromatic N) is 2. The Balaban J connectivity index is 3.05. The molecule has 2 rings (SSSR count). The fourth-order valence-electron chi connectivity index (χ4n) is 1.45. The Bertz CT molecular complexity index is 624. The zero-order chi connectivity index (χ0) is 11.9. The highest BCUT2D eigenvalue weighted by molar-refractivity contribution is 9.10. The first kappa shape index (κ1) is 11.4. The van der Waals surface area contributed by atoms with E-state index in [1.165, 1.54) is 11.7 Å². The summed E-state index contributed by atoms with van der Waals surface area (Å²) in [5.74, 6) is 0.526. The molecule has 0 bridgehead atoms. The molecule has 0 fully saturated rings. The lowest BCUT2D eigenvalue weighted by Gasteiger charge is -2.08. The molecule has 0 saturated carbocycles. The van der Waals surface area contributed by atoms with Crippen molar-refractivity contribution in [2.45, 2.75) is 0 Å². The van der Waals surface area contributed by atoms with E-state index in [4.69, 9.17) is 16.3 Å². The molecule has 0 atom stereocenters. The third-order valence-electron chi connectivity index (χ3n) is 2.31. The number of hydrogen-bond acceptors (Lipinski definition) is 3. The summed E-state index contributed by atoms with van der Waals surface area (Å²) in [5, 5.41) is 0.597. The lowest BCUT2D eigenvalue weighted by atomic mass is 10.2. The molecule has 0 aliphatic heterocycles. The minimum Gasteiger partial charge on any atom is -0.494 e. The van der Waals surface area contributed by atoms with Crippen molar-refractivity contribution in [3.63, 3.8) is 0 Å². The van der Waals surface area contributed by atoms with Gasteiger partial charge >= 0.3 is 0 Å². The van der Waals surface area contributed by atoms with Crippen LogP contribution >= 0.6 is 27.5 Å². The van der Waals surface area contributed by atoms with E-state index in [1.807, 2.05) is 0 Å². The van der Waals surface area contributed by atoms with E-state index in [2.05, 4.69) is 20.9 Å². The zero-order valence-corrected chi connectivity index (χ0v) is 11.0. The molecule has 0 aliphatic rings. The smallest absolute Gasteiger partial charge is 0.263 e. The average molecular weight is 304 g/mol. The fourth-order valence-corrected chi connectivity index (χ4v) is 2.10. The fraction of sp³-hybridized carbons (Fsp3) is 0.200. The molecule has 1 aromatic carbocycles. The van der Waals surface area contributed by atoms with E-state index in [0.29, 0.717) is 21.1 Å². The molecule has 0 amide bonds. The Morgan fingerprint density at radius 1 is 1.50 bits per heavy atom. The molecule has 0 unspecified atom stereocenters. The molecule has 1 heterocycles. The maximum atomic E-state index is 12.0. The number of aromatic nitrogens is 2. The molecule has 0 N–H and O–H groups in total. The average Bonchev–Trinajstić information content (AvgIpc) is 2.26. The van der Waals surface area contributed by atoms with Gasteiger partial charge in [-0.15, -0.1) is 0 Å². The minimum absolute atomic E-state index is 0.133. The highest BCUT2D eigenvalue weighted by atomic mass is 79.9. The van der Waals surface area contributed by atoms with Gasteiger partial charge in [0.25, 0.3) is 5.56 Å². The van der Waals surface area contributed by atoms with Gasteiger partial charge in [-0.25, -0.2) is 4.98 Å². The molecule has 16 heavy (non-hydrogen) atoms. The van der Waals surface area contributed by atoms with Gasteiger partial charge in [-0.3, -0.25) is 9.36 Å². The van der Waals surface area contributed by atoms with Gasteiger partial charge in [0.1, 0.15) is 11.3 Å². The summed E-state index contributed by atoms with van der Waals surface area (Å²) >= 11 is 9.17. The van der Waals surface area contributed by atoms with Gasteiger partial charge in [0.2, 0.25) is 5.28 Å². The van der Waals surface area contributed by atoms with Crippen molar-refractivity contribution in [1.82, 2.24) is 9.55 Å². The van der Waals surface area contributed by atoms with Crippen molar-refractivity contribution in [3.05, 3.63) is 32.2 Å². The Hall–Kier alpha value is -1.07. The first-order chi connectivity index (χ1) is 7.56. The van der Waals surface area contributed by atoms with Crippen molar-refractivity contribution in [2.24, 2.45) is 7.05 Å². The van der Waals surface area contributed by atoms with Crippen LogP contribution in [-0.4, -0.2) is 16.7 Å². The number of ether oxygens (including phenoxy) is 1. The SMILES string of the molecule is COc1ccc(Br)c2c(=O)n(C)c(Cl)nc12. The monoisotopic (exact) mass is 302 g/mol. The van der Waals surface area contributed by atoms with Crippen LogP contribution in [0.25, 0.3) is 10.9 Å². The molecular weight excluding hydrogens is 295 g/mol. The van der Waals surface area contributed by atoms with Crippen LogP contribution in [0.15, 0.2) is 21.4 Å². The van der Waals surface area contributed by atoms with Crippen LogP contribution in [0, 0.1) is 0 Å². The summed E-state index contributed by atoms with van der Waals surface area (Å²) in [5.41, 5.74) is 0.255. The summed E-state index contributed by atoms with van der Waals surface area (Å²) in [7, 11) is 3.10. The number of benzene rings is 1. The van der Waals surface area contributed by atoms with Crippen molar-refractivity contribution in [3.8, 4) is 5.75 Å². The predicted molar refractivity (Wildman–Crippen MR) is 66.2 cm³/mol. The topological polar surface area (TPSA) is 44.1 Å². The quantitative estimate of drug-likeness (QED) is 0.760. The van der Waals surface area contributed by atoms with Crippen LogP contribution in [0.4, 0.5) is 0 Å². The molecule has 0 spiro atoms. The van der Waals surface area contributed by atoms with Gasteiger partial charge in [0.15, 0.2) is 0 Å². The third-order valence-corrected chi connectivity index (χ3v) is 3.31. The molecule has 0 saturated heterocycles. The largest absolute Gasteiger partial charge is 0.494 e. The van der Waals surface area contributed by atoms with Crippen LogP contribution in [0.2, 0.25) is 5.28 Å². The number of rotatable bonds is 1. The van der Waals surface area contributed by atoms with E-state index < -0.39 is 0 Å². The maximum absolute atomic E-state index is 12.0. The second kappa shape index (κ2) is 4.07. The molecule has 1 aromatic heterocycles. The summed E-state index contributed by atoms with van der Waals surface area (Å²) in [4.78, 5) is 16.1. The first-order valence-electron chi connectivity index (χ1n) is 4.45. The summed E-state index contributed by atoms with van der Waals surface area (Å²) in [6, 6.07) is 3.48. The molecule has 84 valence electrons. The summed E-state index contributed by atoms with van der Waals surface area (Å²) in [6.45, 7) is 0. The normalized spacial score (nSPS) is 10.8. The second-order valence-corrected chi connectivity index (χ2v) is 4.41. The van der Waals surface area contributed by atoms with E-state index in [9.17, 15) is 4.79 Å². The molecule has 0 aliphatic carbocycles. The summed E-state index contributed by atoms with van der Waals surface area (Å²) in [6.07, 6.45) is 0. The van der Waals surface area contributed by atoms with E-state index >= 15 is 0 Å². The van der Waals surface area contributed by atoms with E-state index in [0.717, 1.165) is 0 Å². The highest BCUT2D eigenvalue weighted by Gasteiger charge is 2.13. The van der Waals surface area contributed by atoms with Gasteiger partial charge in [0, 0.05) is 11.5 Å². The van der Waals surface area contributed by atoms with Gasteiger partial charge in [-0.05, 0) is 39.7 Å². The first-order valence-corrected chi connectivity index (χ1v) is 5.62. The maximum Gasteiger partial charge on any atom is 0.263 e. The van der Waals surface area contributed by atoms with Crippen molar-refractivity contribution in [1.29, 1.82) is 0 Å². The van der Waals surface area contributed by atoms with Crippen LogP contribution in [0.1, 0.15) is 0 Å². The highest BCUT2D eigenvalue weighted by Crippen LogP contribution is 2.28. The Labute approximate surface area is 105 Å². The van der Waals surface area contributed by atoms with Gasteiger partial charge in [-0.2, -0.15) is 0 Å². The van der Waals surface area contributed by atoms with E-state index in [1.54, 1.807) is 19.2 Å². The molecule has 2 aromatic rings. The van der Waals surface area contributed by atoms with E-state index in [-0.39, 0.29) is 10.8 Å². The minimum atomic E-state index is -0.208. The van der Waals surface area contributed by atoms with Gasteiger partial charge in [-0.1, -0.05) is 0 Å². The standard InChI is InChI=1S/C10H8BrClN2O2/c1-14-9(15)7-5(11)3-4-6(16-2)8(7)13-10(14)12/h3-4H,1-2H3. The molecule has 0 radical (unpaired) electrons. The number of hydrogen-bond donors (Lipinski definition) is 0. The van der Waals surface area contributed by atoms with Crippen molar-refractivity contribution < 1.29 is 4.74 Å². The van der Waals surface area contributed by atoms with Crippen LogP contribution < -0.4 is 10.3 Å². The number of fused-ring (bicyclic) bond motifs is 1. The Morgan fingerprint density at radius 2 is 2.19 bits per heavy atom. The predicted octanol–water partition coefficient (Wildman–Crippen LogP) is 2.36. The van der Waals surface area contributed by atoms with Crippen molar-refractivity contribution >= 4 is 38.4 Å². The second-order valence-electron chi connectivity index (χ2n) is 3.22. The van der Waals surface area contributed by atoms with Crippen LogP contribution in [0.3, 0.4) is 0 Å². The summed E-state index contributed by atoms with van der Waals surface area (Å²) < 4.78 is 7.10. The molecule has 6 heteroatoms. The number of methoxy groups -OCH3 is 1. The third kappa shape index (κ3) is 1.60. The van der Waals surface area contributed by atoms with Crippen LogP contribution in [0.5, 0.6) is 5.75 Å². The van der Waals surface area contributed by atoms with Crippen LogP contribution in [-0.2, 0) is 7.05 Å². The Morgan fingerprint density at radius 3 is 2.81 bits per heavy atom. The zero-order valence-electron chi connectivity index (χ0n) is 8.62. The number of halogens is 2. The van der Waals surface area contributed by atoms with Crippen molar-refractivity contribution in [2.75, 3.05) is 7.11 Å². The molecule has 4 nitrogen and oxygen atoms in total.